The molecule has 0 bridgehead atoms. The molecule has 0 aliphatic carbocycles. The van der Waals surface area contributed by atoms with Crippen molar-refractivity contribution >= 4 is 5.97 Å². The molecule has 1 N–H and O–H groups in total. The second kappa shape index (κ2) is 13.8. The van der Waals surface area contributed by atoms with Gasteiger partial charge in [-0.05, 0) is 6.42 Å². The Morgan fingerprint density at radius 2 is 1.42 bits per heavy atom. The van der Waals surface area contributed by atoms with E-state index in [0.717, 1.165) is 12.8 Å². The summed E-state index contributed by atoms with van der Waals surface area (Å²) in [5, 5.41) is 8.54. The fourth-order valence-electron chi connectivity index (χ4n) is 2.12. The maximum absolute atomic E-state index is 10.7. The first-order valence-electron chi connectivity index (χ1n) is 7.68. The predicted molar refractivity (Wildman–Crippen MR) is 75.7 cm³/mol. The van der Waals surface area contributed by atoms with Crippen LogP contribution >= 0.6 is 0 Å². The van der Waals surface area contributed by atoms with Crippen LogP contribution in [-0.4, -0.2) is 17.5 Å². The van der Waals surface area contributed by atoms with Gasteiger partial charge in [-0.25, -0.2) is 5.26 Å². The highest BCUT2D eigenvalue weighted by Gasteiger charge is 2.11. The third-order valence-electron chi connectivity index (χ3n) is 3.21. The Bertz CT molecular complexity index is 206. The van der Waals surface area contributed by atoms with Crippen molar-refractivity contribution < 1.29 is 19.7 Å². The normalized spacial score (nSPS) is 12.4. The Labute approximate surface area is 117 Å². The lowest BCUT2D eigenvalue weighted by Crippen LogP contribution is -2.18. The van der Waals surface area contributed by atoms with E-state index in [1.54, 1.807) is 0 Å². The zero-order valence-corrected chi connectivity index (χ0v) is 12.5. The second-order valence-electron chi connectivity index (χ2n) is 5.12. The van der Waals surface area contributed by atoms with E-state index in [2.05, 4.69) is 11.8 Å². The maximum Gasteiger partial charge on any atom is 0.305 e. The van der Waals surface area contributed by atoms with Crippen LogP contribution < -0.4 is 0 Å². The third kappa shape index (κ3) is 13.6. The van der Waals surface area contributed by atoms with Crippen LogP contribution in [0.5, 0.6) is 0 Å². The molecule has 0 aromatic rings. The molecule has 0 aliphatic heterocycles. The fourth-order valence-corrected chi connectivity index (χ4v) is 2.12. The largest absolute Gasteiger partial charge is 0.433 e. The number of hydrogen-bond donors (Lipinski definition) is 1. The molecular formula is C15H30O4. The molecule has 0 aliphatic rings. The summed E-state index contributed by atoms with van der Waals surface area (Å²) < 4.78 is 4.77. The summed E-state index contributed by atoms with van der Waals surface area (Å²) in [5.41, 5.74) is 0. The van der Waals surface area contributed by atoms with E-state index in [9.17, 15) is 4.79 Å². The second-order valence-corrected chi connectivity index (χ2v) is 5.12. The Hall–Kier alpha value is -0.610. The molecule has 19 heavy (non-hydrogen) atoms. The van der Waals surface area contributed by atoms with Crippen molar-refractivity contribution in [2.24, 2.45) is 0 Å². The van der Waals surface area contributed by atoms with Gasteiger partial charge in [0.15, 0.2) is 0 Å². The van der Waals surface area contributed by atoms with Crippen LogP contribution in [0.15, 0.2) is 0 Å². The van der Waals surface area contributed by atoms with Crippen molar-refractivity contribution in [1.29, 1.82) is 0 Å². The lowest BCUT2D eigenvalue weighted by molar-refractivity contribution is -0.337. The van der Waals surface area contributed by atoms with Crippen LogP contribution in [0.1, 0.15) is 84.5 Å². The molecule has 0 saturated carbocycles. The van der Waals surface area contributed by atoms with E-state index in [1.807, 2.05) is 0 Å². The minimum atomic E-state index is -0.799. The van der Waals surface area contributed by atoms with Crippen molar-refractivity contribution in [2.45, 2.75) is 90.8 Å². The van der Waals surface area contributed by atoms with Gasteiger partial charge >= 0.3 is 5.97 Å². The van der Waals surface area contributed by atoms with Crippen molar-refractivity contribution in [3.63, 3.8) is 0 Å². The molecular weight excluding hydrogens is 244 g/mol. The third-order valence-corrected chi connectivity index (χ3v) is 3.21. The van der Waals surface area contributed by atoms with Crippen molar-refractivity contribution in [1.82, 2.24) is 0 Å². The smallest absolute Gasteiger partial charge is 0.305 e. The van der Waals surface area contributed by atoms with Crippen molar-refractivity contribution in [3.8, 4) is 0 Å². The van der Waals surface area contributed by atoms with Gasteiger partial charge in [0.1, 0.15) is 0 Å². The molecule has 0 amide bonds. The van der Waals surface area contributed by atoms with E-state index in [1.165, 1.54) is 58.3 Å². The summed E-state index contributed by atoms with van der Waals surface area (Å²) in [6, 6.07) is 0. The number of unbranched alkanes of at least 4 members (excludes halogenated alkanes) is 9. The summed E-state index contributed by atoms with van der Waals surface area (Å²) in [6.45, 7) is 3.55. The topological polar surface area (TPSA) is 55.8 Å². The summed E-state index contributed by atoms with van der Waals surface area (Å²) in [4.78, 5) is 14.8. The van der Waals surface area contributed by atoms with Gasteiger partial charge in [-0.2, -0.15) is 4.89 Å². The van der Waals surface area contributed by atoms with E-state index in [4.69, 9.17) is 9.99 Å². The minimum Gasteiger partial charge on any atom is -0.433 e. The Kier molecular flexibility index (Phi) is 13.4. The highest BCUT2D eigenvalue weighted by Crippen LogP contribution is 2.13. The number of carbonyl (C=O) groups excluding carboxylic acids is 1. The summed E-state index contributed by atoms with van der Waals surface area (Å²) in [7, 11) is 0. The van der Waals surface area contributed by atoms with Gasteiger partial charge < -0.3 is 4.74 Å². The number of carbonyl (C=O) groups is 1. The zero-order valence-electron chi connectivity index (χ0n) is 12.5. The predicted octanol–water partition coefficient (Wildman–Crippen LogP) is 4.68. The van der Waals surface area contributed by atoms with Crippen molar-refractivity contribution in [3.05, 3.63) is 0 Å². The number of hydrogen-bond acceptors (Lipinski definition) is 4. The summed E-state index contributed by atoms with van der Waals surface area (Å²) in [6.07, 6.45) is 12.3. The average molecular weight is 274 g/mol. The fraction of sp³-hybridized carbons (Fsp3) is 0.933. The van der Waals surface area contributed by atoms with Gasteiger partial charge in [-0.1, -0.05) is 64.7 Å². The SMILES string of the molecule is CCCCCCCCCCCCC(OO)OC(C)=O. The molecule has 0 heterocycles. The molecule has 4 heteroatoms. The molecule has 4 nitrogen and oxygen atoms in total. The standard InChI is InChI=1S/C15H30O4/c1-3-4-5-6-7-8-9-10-11-12-13-15(19-17)18-14(2)16/h15,17H,3-13H2,1-2H3. The van der Waals surface area contributed by atoms with Crippen LogP contribution in [0.25, 0.3) is 0 Å². The molecule has 0 spiro atoms. The molecule has 0 rings (SSSR count). The first-order valence-corrected chi connectivity index (χ1v) is 7.68. The van der Waals surface area contributed by atoms with Crippen LogP contribution in [-0.2, 0) is 14.4 Å². The Morgan fingerprint density at radius 3 is 1.84 bits per heavy atom. The van der Waals surface area contributed by atoms with Crippen LogP contribution in [0, 0.1) is 0 Å². The molecule has 0 aromatic heterocycles. The van der Waals surface area contributed by atoms with E-state index < -0.39 is 12.3 Å². The molecule has 1 atom stereocenters. The maximum atomic E-state index is 10.7. The summed E-state index contributed by atoms with van der Waals surface area (Å²) in [5.74, 6) is -0.425. The van der Waals surface area contributed by atoms with Gasteiger partial charge in [0.25, 0.3) is 0 Å². The number of ether oxygens (including phenoxy) is 1. The molecule has 114 valence electrons. The average Bonchev–Trinajstić information content (AvgIpc) is 2.39. The summed E-state index contributed by atoms with van der Waals surface area (Å²) >= 11 is 0. The first kappa shape index (κ1) is 18.4. The molecule has 1 unspecified atom stereocenters. The van der Waals surface area contributed by atoms with Gasteiger partial charge in [0, 0.05) is 13.3 Å². The lowest BCUT2D eigenvalue weighted by Gasteiger charge is -2.12. The van der Waals surface area contributed by atoms with Gasteiger partial charge in [0.2, 0.25) is 6.29 Å². The van der Waals surface area contributed by atoms with Gasteiger partial charge in [0.05, 0.1) is 0 Å². The lowest BCUT2D eigenvalue weighted by atomic mass is 10.1. The Morgan fingerprint density at radius 1 is 0.947 bits per heavy atom. The minimum absolute atomic E-state index is 0.425. The first-order chi connectivity index (χ1) is 9.20. The van der Waals surface area contributed by atoms with Crippen LogP contribution in [0.2, 0.25) is 0 Å². The van der Waals surface area contributed by atoms with E-state index in [-0.39, 0.29) is 0 Å². The molecule has 0 aromatic carbocycles. The van der Waals surface area contributed by atoms with Crippen molar-refractivity contribution in [2.75, 3.05) is 0 Å². The van der Waals surface area contributed by atoms with Gasteiger partial charge in [-0.15, -0.1) is 0 Å². The molecule has 0 fully saturated rings. The van der Waals surface area contributed by atoms with E-state index in [0.29, 0.717) is 6.42 Å². The Balaban J connectivity index is 3.23. The van der Waals surface area contributed by atoms with E-state index >= 15 is 0 Å². The zero-order chi connectivity index (χ0) is 14.3. The quantitative estimate of drug-likeness (QED) is 0.174. The monoisotopic (exact) mass is 274 g/mol. The molecule has 0 saturated heterocycles. The van der Waals surface area contributed by atoms with Gasteiger partial charge in [-0.3, -0.25) is 4.79 Å². The highest BCUT2D eigenvalue weighted by molar-refractivity contribution is 5.66. The van der Waals surface area contributed by atoms with Crippen LogP contribution in [0.4, 0.5) is 0 Å². The number of rotatable bonds is 13. The highest BCUT2D eigenvalue weighted by atomic mass is 17.1. The van der Waals surface area contributed by atoms with Crippen LogP contribution in [0.3, 0.4) is 0 Å². The molecule has 0 radical (unpaired) electrons. The number of esters is 1.